The van der Waals surface area contributed by atoms with E-state index in [0.717, 1.165) is 41.5 Å². The molecule has 3 aliphatic rings. The average molecular weight is 496 g/mol. The van der Waals surface area contributed by atoms with Gasteiger partial charge in [-0.25, -0.2) is 8.89 Å². The van der Waals surface area contributed by atoms with Crippen molar-refractivity contribution < 1.29 is 9.32 Å². The summed E-state index contributed by atoms with van der Waals surface area (Å²) in [6.07, 6.45) is 14.1. The molecule has 2 saturated carbocycles. The molecule has 35 heavy (non-hydrogen) atoms. The topological polar surface area (TPSA) is 101 Å². The molecule has 1 spiro atoms. The van der Waals surface area contributed by atoms with Crippen LogP contribution in [0.15, 0.2) is 36.7 Å². The predicted molar refractivity (Wildman–Crippen MR) is 137 cm³/mol. The summed E-state index contributed by atoms with van der Waals surface area (Å²) < 4.78 is 19.1. The van der Waals surface area contributed by atoms with Crippen molar-refractivity contribution in [2.45, 2.75) is 57.4 Å². The summed E-state index contributed by atoms with van der Waals surface area (Å²) in [7, 11) is -1.32. The number of aromatic nitrogens is 5. The third-order valence-corrected chi connectivity index (χ3v) is 8.93. The Morgan fingerprint density at radius 3 is 2.60 bits per heavy atom. The Labute approximate surface area is 208 Å². The minimum Gasteiger partial charge on any atom is -0.395 e. The maximum absolute atomic E-state index is 12.2. The van der Waals surface area contributed by atoms with Crippen molar-refractivity contribution in [3.63, 3.8) is 0 Å². The number of anilines is 2. The quantitative estimate of drug-likeness (QED) is 0.494. The van der Waals surface area contributed by atoms with Crippen LogP contribution in [0.3, 0.4) is 0 Å². The second-order valence-electron chi connectivity index (χ2n) is 10.2. The molecule has 0 bridgehead atoms. The molecule has 10 heteroatoms. The van der Waals surface area contributed by atoms with E-state index in [2.05, 4.69) is 30.8 Å². The van der Waals surface area contributed by atoms with Gasteiger partial charge in [0.05, 0.1) is 36.0 Å². The van der Waals surface area contributed by atoms with Gasteiger partial charge in [-0.1, -0.05) is 18.1 Å². The summed E-state index contributed by atoms with van der Waals surface area (Å²) in [6.45, 7) is 1.89. The first-order chi connectivity index (χ1) is 17.1. The van der Waals surface area contributed by atoms with Gasteiger partial charge in [0.1, 0.15) is 22.4 Å². The fourth-order valence-corrected chi connectivity index (χ4v) is 6.20. The first kappa shape index (κ1) is 22.7. The van der Waals surface area contributed by atoms with Gasteiger partial charge in [-0.3, -0.25) is 4.68 Å². The second kappa shape index (κ2) is 9.39. The smallest absolute Gasteiger partial charge is 0.133 e. The molecular weight excluding hydrogens is 462 g/mol. The molecule has 2 N–H and O–H groups in total. The fraction of sp³-hybridized carbons (Fsp3) is 0.560. The molecule has 3 heterocycles. The Kier molecular flexibility index (Phi) is 6.09. The van der Waals surface area contributed by atoms with E-state index >= 15 is 0 Å². The van der Waals surface area contributed by atoms with E-state index < -0.39 is 11.0 Å². The van der Waals surface area contributed by atoms with Crippen molar-refractivity contribution in [2.75, 3.05) is 35.1 Å². The van der Waals surface area contributed by atoms with Gasteiger partial charge in [0.2, 0.25) is 0 Å². The number of hydrogen-bond acceptors (Lipinski definition) is 6. The Bertz CT molecular complexity index is 1200. The summed E-state index contributed by atoms with van der Waals surface area (Å²) in [4.78, 5) is 2.41. The Morgan fingerprint density at radius 1 is 1.06 bits per heavy atom. The van der Waals surface area contributed by atoms with Crippen molar-refractivity contribution >= 4 is 22.4 Å². The van der Waals surface area contributed by atoms with E-state index in [-0.39, 0.29) is 12.4 Å². The van der Waals surface area contributed by atoms with Crippen molar-refractivity contribution in [3.8, 4) is 17.1 Å². The van der Waals surface area contributed by atoms with Crippen LogP contribution < -0.4 is 9.62 Å². The van der Waals surface area contributed by atoms with E-state index in [0.29, 0.717) is 11.5 Å². The first-order valence-corrected chi connectivity index (χ1v) is 14.1. The number of rotatable bonds is 8. The van der Waals surface area contributed by atoms with Crippen LogP contribution >= 0.6 is 0 Å². The molecule has 9 nitrogen and oxygen atoms in total. The van der Waals surface area contributed by atoms with Gasteiger partial charge < -0.3 is 14.7 Å². The molecular formula is C25H33N7O2S. The van der Waals surface area contributed by atoms with Crippen molar-refractivity contribution in [1.29, 1.82) is 0 Å². The highest BCUT2D eigenvalue weighted by molar-refractivity contribution is 7.86. The maximum Gasteiger partial charge on any atom is 0.133 e. The van der Waals surface area contributed by atoms with Gasteiger partial charge in [0.15, 0.2) is 0 Å². The Hall–Kier alpha value is -2.72. The largest absolute Gasteiger partial charge is 0.395 e. The van der Waals surface area contributed by atoms with Crippen LogP contribution in [0.5, 0.6) is 0 Å². The third-order valence-electron chi connectivity index (χ3n) is 7.92. The van der Waals surface area contributed by atoms with Crippen LogP contribution in [-0.2, 0) is 11.0 Å². The molecule has 186 valence electrons. The van der Waals surface area contributed by atoms with Crippen LogP contribution in [0.25, 0.3) is 17.1 Å². The maximum atomic E-state index is 12.2. The lowest BCUT2D eigenvalue weighted by molar-refractivity contribution is 0.321. The van der Waals surface area contributed by atoms with E-state index in [1.165, 1.54) is 51.4 Å². The van der Waals surface area contributed by atoms with Crippen molar-refractivity contribution in [2.24, 2.45) is 5.41 Å². The van der Waals surface area contributed by atoms with Gasteiger partial charge in [-0.2, -0.15) is 5.10 Å². The lowest BCUT2D eigenvalue weighted by atomic mass is 9.93. The molecule has 2 aliphatic carbocycles. The number of piperidine rings is 1. The molecule has 1 unspecified atom stereocenters. The first-order valence-electron chi connectivity index (χ1n) is 12.8. The number of aliphatic hydroxyl groups is 1. The van der Waals surface area contributed by atoms with Gasteiger partial charge in [-0.05, 0) is 68.2 Å². The highest BCUT2D eigenvalue weighted by Crippen LogP contribution is 2.54. The van der Waals surface area contributed by atoms with Crippen LogP contribution in [0, 0.1) is 5.41 Å². The van der Waals surface area contributed by atoms with Gasteiger partial charge in [0, 0.05) is 25.0 Å². The van der Waals surface area contributed by atoms with Crippen LogP contribution in [0.2, 0.25) is 0 Å². The zero-order valence-corrected chi connectivity index (χ0v) is 20.8. The number of aliphatic hydroxyl groups excluding tert-OH is 1. The normalized spacial score (nSPS) is 20.4. The standard InChI is InChI=1S/C25H33N7O2S/c33-15-16-35(34)28-19-5-6-23(24(17-19)30-13-10-25(8-9-25)11-14-30)32-18-22(26-29-32)21-7-12-31(27-21)20-3-1-2-4-20/h5-7,12,17-18,20,28,33H,1-4,8-11,13-16H2. The van der Waals surface area contributed by atoms with Crippen molar-refractivity contribution in [3.05, 3.63) is 36.7 Å². The highest BCUT2D eigenvalue weighted by atomic mass is 32.2. The van der Waals surface area contributed by atoms with E-state index in [1.54, 1.807) is 0 Å². The van der Waals surface area contributed by atoms with E-state index in [1.807, 2.05) is 35.1 Å². The molecule has 2 aromatic heterocycles. The SMILES string of the molecule is O=S(CCO)Nc1ccc(-n2cc(-c3ccn(C4CCCC4)n3)nn2)c(N2CCC3(CC2)CC3)c1. The summed E-state index contributed by atoms with van der Waals surface area (Å²) in [6, 6.07) is 8.49. The summed E-state index contributed by atoms with van der Waals surface area (Å²) in [5.74, 6) is 0.198. The summed E-state index contributed by atoms with van der Waals surface area (Å²) in [5.41, 5.74) is 4.96. The van der Waals surface area contributed by atoms with E-state index in [4.69, 9.17) is 10.2 Å². The molecule has 1 aromatic carbocycles. The second-order valence-corrected chi connectivity index (χ2v) is 11.5. The molecule has 0 amide bonds. The zero-order valence-electron chi connectivity index (χ0n) is 20.0. The summed E-state index contributed by atoms with van der Waals surface area (Å²) >= 11 is 0. The summed E-state index contributed by atoms with van der Waals surface area (Å²) in [5, 5.41) is 22.8. The lowest BCUT2D eigenvalue weighted by Gasteiger charge is -2.35. The van der Waals surface area contributed by atoms with Crippen LogP contribution in [0.1, 0.15) is 57.4 Å². The molecule has 3 fully saturated rings. The molecule has 1 aliphatic heterocycles. The Balaban J connectivity index is 1.28. The van der Waals surface area contributed by atoms with E-state index in [9.17, 15) is 4.21 Å². The monoisotopic (exact) mass is 495 g/mol. The van der Waals surface area contributed by atoms with Crippen molar-refractivity contribution in [1.82, 2.24) is 24.8 Å². The lowest BCUT2D eigenvalue weighted by Crippen LogP contribution is -2.35. The van der Waals surface area contributed by atoms with Crippen LogP contribution in [0.4, 0.5) is 11.4 Å². The van der Waals surface area contributed by atoms with Crippen LogP contribution in [-0.4, -0.2) is 59.5 Å². The van der Waals surface area contributed by atoms with Gasteiger partial charge >= 0.3 is 0 Å². The number of benzene rings is 1. The Morgan fingerprint density at radius 2 is 1.86 bits per heavy atom. The number of nitrogens with zero attached hydrogens (tertiary/aromatic N) is 6. The molecule has 1 atom stereocenters. The third kappa shape index (κ3) is 4.73. The van der Waals surface area contributed by atoms with Gasteiger partial charge in [-0.15, -0.1) is 5.10 Å². The highest BCUT2D eigenvalue weighted by Gasteiger charge is 2.44. The number of hydrogen-bond donors (Lipinski definition) is 2. The molecule has 3 aromatic rings. The predicted octanol–water partition coefficient (Wildman–Crippen LogP) is 3.69. The molecule has 1 saturated heterocycles. The fourth-order valence-electron chi connectivity index (χ4n) is 5.54. The average Bonchev–Trinajstić information content (AvgIpc) is 3.35. The molecule has 6 rings (SSSR count). The molecule has 0 radical (unpaired) electrons. The minimum atomic E-state index is -1.32. The number of nitrogens with one attached hydrogen (secondary N) is 1. The van der Waals surface area contributed by atoms with Gasteiger partial charge in [0.25, 0.3) is 0 Å². The zero-order chi connectivity index (χ0) is 23.8. The minimum absolute atomic E-state index is 0.114.